The minimum Gasteiger partial charge on any atom is -0.492 e. The number of hydrogen-bond donors (Lipinski definition) is 0. The number of nitrogens with zero attached hydrogens (tertiary/aromatic N) is 4. The molecule has 1 fully saturated rings. The highest BCUT2D eigenvalue weighted by atomic mass is 16.5. The molecule has 26 heavy (non-hydrogen) atoms. The highest BCUT2D eigenvalue weighted by Crippen LogP contribution is 2.11. The Balaban J connectivity index is 1.41. The molecule has 0 radical (unpaired) electrons. The molecule has 1 aliphatic rings. The van der Waals surface area contributed by atoms with E-state index in [1.54, 1.807) is 6.20 Å². The van der Waals surface area contributed by atoms with Crippen molar-refractivity contribution in [3.8, 4) is 5.75 Å². The maximum Gasteiger partial charge on any atom is 0.227 e. The molecule has 140 valence electrons. The molecule has 0 saturated carbocycles. The summed E-state index contributed by atoms with van der Waals surface area (Å²) in [5.74, 6) is 1.08. The van der Waals surface area contributed by atoms with Gasteiger partial charge in [-0.3, -0.25) is 14.4 Å². The van der Waals surface area contributed by atoms with Gasteiger partial charge in [-0.25, -0.2) is 0 Å². The smallest absolute Gasteiger partial charge is 0.227 e. The monoisotopic (exact) mass is 356 g/mol. The van der Waals surface area contributed by atoms with E-state index in [2.05, 4.69) is 10.00 Å². The van der Waals surface area contributed by atoms with Gasteiger partial charge in [0.2, 0.25) is 5.91 Å². The Morgan fingerprint density at radius 3 is 2.77 bits per heavy atom. The second-order valence-electron chi connectivity index (χ2n) is 6.81. The molecule has 2 heterocycles. The second-order valence-corrected chi connectivity index (χ2v) is 6.81. The molecule has 1 saturated heterocycles. The van der Waals surface area contributed by atoms with Crippen LogP contribution in [0.4, 0.5) is 0 Å². The fourth-order valence-electron chi connectivity index (χ4n) is 3.30. The first-order valence-electron chi connectivity index (χ1n) is 9.39. The normalized spacial score (nSPS) is 16.9. The van der Waals surface area contributed by atoms with Crippen LogP contribution in [0.2, 0.25) is 0 Å². The van der Waals surface area contributed by atoms with Crippen molar-refractivity contribution in [2.75, 3.05) is 39.3 Å². The molecule has 1 amide bonds. The van der Waals surface area contributed by atoms with Crippen LogP contribution in [0.1, 0.15) is 13.3 Å². The molecular formula is C20H28N4O2. The van der Waals surface area contributed by atoms with Crippen molar-refractivity contribution < 1.29 is 9.53 Å². The number of amides is 1. The van der Waals surface area contributed by atoms with Gasteiger partial charge in [0.1, 0.15) is 12.4 Å². The second kappa shape index (κ2) is 9.38. The van der Waals surface area contributed by atoms with Gasteiger partial charge in [-0.05, 0) is 24.6 Å². The summed E-state index contributed by atoms with van der Waals surface area (Å²) in [4.78, 5) is 17.1. The van der Waals surface area contributed by atoms with Gasteiger partial charge >= 0.3 is 0 Å². The number of para-hydroxylation sites is 1. The Morgan fingerprint density at radius 2 is 2.00 bits per heavy atom. The Bertz CT molecular complexity index is 660. The van der Waals surface area contributed by atoms with Gasteiger partial charge in [0.15, 0.2) is 0 Å². The highest BCUT2D eigenvalue weighted by molar-refractivity contribution is 5.78. The molecule has 2 aromatic rings. The minimum absolute atomic E-state index is 0.0529. The number of ether oxygens (including phenoxy) is 1. The fourth-order valence-corrected chi connectivity index (χ4v) is 3.30. The highest BCUT2D eigenvalue weighted by Gasteiger charge is 2.23. The van der Waals surface area contributed by atoms with Crippen LogP contribution in [0, 0.1) is 5.92 Å². The van der Waals surface area contributed by atoms with Gasteiger partial charge in [-0.1, -0.05) is 25.1 Å². The Kier molecular flexibility index (Phi) is 6.66. The first kappa shape index (κ1) is 18.5. The minimum atomic E-state index is -0.0529. The maximum atomic E-state index is 12.7. The first-order chi connectivity index (χ1) is 12.7. The van der Waals surface area contributed by atoms with Crippen molar-refractivity contribution in [1.29, 1.82) is 0 Å². The van der Waals surface area contributed by atoms with Crippen LogP contribution in [0.15, 0.2) is 48.8 Å². The number of carbonyl (C=O) groups is 1. The zero-order valence-corrected chi connectivity index (χ0v) is 15.5. The third-order valence-electron chi connectivity index (χ3n) is 4.76. The number of benzene rings is 1. The number of hydrogen-bond acceptors (Lipinski definition) is 4. The van der Waals surface area contributed by atoms with Crippen LogP contribution < -0.4 is 4.74 Å². The van der Waals surface area contributed by atoms with E-state index in [0.29, 0.717) is 13.2 Å². The van der Waals surface area contributed by atoms with E-state index in [9.17, 15) is 4.79 Å². The first-order valence-corrected chi connectivity index (χ1v) is 9.39. The van der Waals surface area contributed by atoms with E-state index >= 15 is 0 Å². The maximum absolute atomic E-state index is 12.7. The lowest BCUT2D eigenvalue weighted by atomic mass is 10.1. The molecule has 1 aromatic carbocycles. The molecule has 3 rings (SSSR count). The van der Waals surface area contributed by atoms with Gasteiger partial charge in [0, 0.05) is 45.1 Å². The molecule has 6 heteroatoms. The molecule has 1 unspecified atom stereocenters. The molecule has 1 aromatic heterocycles. The van der Waals surface area contributed by atoms with Crippen molar-refractivity contribution in [2.24, 2.45) is 5.92 Å². The summed E-state index contributed by atoms with van der Waals surface area (Å²) < 4.78 is 7.62. The lowest BCUT2D eigenvalue weighted by Gasteiger charge is -2.24. The fraction of sp³-hybridized carbons (Fsp3) is 0.500. The van der Waals surface area contributed by atoms with Gasteiger partial charge in [0.25, 0.3) is 0 Å². The zero-order chi connectivity index (χ0) is 18.2. The summed E-state index contributed by atoms with van der Waals surface area (Å²) in [7, 11) is 0. The predicted octanol–water partition coefficient (Wildman–Crippen LogP) is 2.13. The van der Waals surface area contributed by atoms with E-state index in [1.807, 2.05) is 59.1 Å². The van der Waals surface area contributed by atoms with Crippen LogP contribution in [-0.4, -0.2) is 64.8 Å². The summed E-state index contributed by atoms with van der Waals surface area (Å²) in [5, 5.41) is 4.20. The molecule has 1 atom stereocenters. The van der Waals surface area contributed by atoms with E-state index in [-0.39, 0.29) is 11.8 Å². The average molecular weight is 356 g/mol. The largest absolute Gasteiger partial charge is 0.492 e. The molecule has 6 nitrogen and oxygen atoms in total. The van der Waals surface area contributed by atoms with Crippen LogP contribution in [0.5, 0.6) is 5.75 Å². The number of carbonyl (C=O) groups excluding carboxylic acids is 1. The van der Waals surface area contributed by atoms with Crippen LogP contribution in [-0.2, 0) is 11.3 Å². The summed E-state index contributed by atoms with van der Waals surface area (Å²) in [5.41, 5.74) is 0. The zero-order valence-electron chi connectivity index (χ0n) is 15.5. The van der Waals surface area contributed by atoms with Crippen molar-refractivity contribution in [3.05, 3.63) is 48.8 Å². The molecule has 1 aliphatic heterocycles. The van der Waals surface area contributed by atoms with Gasteiger partial charge in [-0.2, -0.15) is 5.10 Å². The lowest BCUT2D eigenvalue weighted by molar-refractivity contribution is -0.135. The van der Waals surface area contributed by atoms with Gasteiger partial charge in [0.05, 0.1) is 12.5 Å². The Labute approximate surface area is 155 Å². The summed E-state index contributed by atoms with van der Waals surface area (Å²) in [6.45, 7) is 7.71. The Morgan fingerprint density at radius 1 is 1.15 bits per heavy atom. The van der Waals surface area contributed by atoms with Gasteiger partial charge in [-0.15, -0.1) is 0 Å². The quantitative estimate of drug-likeness (QED) is 0.763. The summed E-state index contributed by atoms with van der Waals surface area (Å²) in [6, 6.07) is 11.8. The predicted molar refractivity (Wildman–Crippen MR) is 101 cm³/mol. The molecule has 0 spiro atoms. The van der Waals surface area contributed by atoms with Crippen LogP contribution in [0.3, 0.4) is 0 Å². The van der Waals surface area contributed by atoms with Crippen molar-refractivity contribution in [3.63, 3.8) is 0 Å². The van der Waals surface area contributed by atoms with E-state index in [0.717, 1.165) is 44.9 Å². The van der Waals surface area contributed by atoms with Gasteiger partial charge < -0.3 is 9.64 Å². The van der Waals surface area contributed by atoms with E-state index in [4.69, 9.17) is 4.74 Å². The summed E-state index contributed by atoms with van der Waals surface area (Å²) >= 11 is 0. The molecule has 0 aliphatic carbocycles. The molecule has 0 bridgehead atoms. The summed E-state index contributed by atoms with van der Waals surface area (Å²) in [6.07, 6.45) is 4.66. The third kappa shape index (κ3) is 5.33. The standard InChI is InChI=1S/C20H28N4O2/c1-18(17-24-12-5-9-21-24)20(25)23-11-6-10-22(13-14-23)15-16-26-19-7-3-2-4-8-19/h2-5,7-9,12,18H,6,10-11,13-17H2,1H3. The topological polar surface area (TPSA) is 50.6 Å². The van der Waals surface area contributed by atoms with E-state index in [1.165, 1.54) is 0 Å². The molecular weight excluding hydrogens is 328 g/mol. The SMILES string of the molecule is CC(Cn1cccn1)C(=O)N1CCCN(CCOc2ccccc2)CC1. The van der Waals surface area contributed by atoms with Crippen LogP contribution in [0.25, 0.3) is 0 Å². The van der Waals surface area contributed by atoms with Crippen molar-refractivity contribution >= 4 is 5.91 Å². The molecule has 0 N–H and O–H groups in total. The number of rotatable bonds is 7. The van der Waals surface area contributed by atoms with Crippen molar-refractivity contribution in [2.45, 2.75) is 19.9 Å². The third-order valence-corrected chi connectivity index (χ3v) is 4.76. The van der Waals surface area contributed by atoms with Crippen LogP contribution >= 0.6 is 0 Å². The average Bonchev–Trinajstić information content (AvgIpc) is 3.06. The Hall–Kier alpha value is -2.34. The number of aromatic nitrogens is 2. The lowest BCUT2D eigenvalue weighted by Crippen LogP contribution is -2.39. The van der Waals surface area contributed by atoms with Crippen molar-refractivity contribution in [1.82, 2.24) is 19.6 Å². The van der Waals surface area contributed by atoms with E-state index < -0.39 is 0 Å².